The molecule has 102 heavy (non-hydrogen) atoms. The van der Waals surface area contributed by atoms with E-state index < -0.39 is 290 Å². The molecule has 0 N–H and O–H groups in total. The van der Waals surface area contributed by atoms with Crippen molar-refractivity contribution in [1.29, 1.82) is 0 Å². The summed E-state index contributed by atoms with van der Waals surface area (Å²) >= 11 is 0. The third-order valence-corrected chi connectivity index (χ3v) is 19.8. The molecule has 0 aliphatic rings. The summed E-state index contributed by atoms with van der Waals surface area (Å²) in [6.45, 7) is 0. The first-order chi connectivity index (χ1) is 65.2. The van der Waals surface area contributed by atoms with Gasteiger partial charge in [0.25, 0.3) is 0 Å². The van der Waals surface area contributed by atoms with Crippen molar-refractivity contribution in [2.24, 2.45) is 0 Å². The molecule has 0 saturated carbocycles. The van der Waals surface area contributed by atoms with E-state index in [4.69, 9.17) is 33.5 Å². The lowest BCUT2D eigenvalue weighted by atomic mass is 9.85. The molecule has 468 valence electrons. The van der Waals surface area contributed by atoms with E-state index in [2.05, 4.69) is 115 Å². The number of hydrogen-bond donors (Lipinski definition) is 0. The van der Waals surface area contributed by atoms with Crippen LogP contribution in [-0.4, -0.2) is 0 Å². The van der Waals surface area contributed by atoms with Gasteiger partial charge in [-0.2, -0.15) is 0 Å². The SMILES string of the molecule is [2H]c1c(-c2c([2H])c([2H])c3oc4c([2H])c([2H])c([2H])c([2H])c4c3c2[2H])c([2H])c(-c2c([2H])c([2H])c3c([2H])c([2H])c4c([2H])c([2H])c([2H])c5c([2H])c([2H])c2c3c45)c([2H])c1-c1c([2H])c([2H])c2c([2H])c([2H])c3c([2H])c([2H])c([2H])c4c([2H])c([2H])c1c2c34.[2H]c1c([2H])c([2H])c2c(oc3c([2H])c(-c4ccc(-c5ccc6ccc7cccc8ccc5c6c78)cc4-c4ccc5ccc6cccc7ccc4c5c67)c([2H])c([2H])c32)c1[2H]. The Kier molecular flexibility index (Phi) is 6.62. The van der Waals surface area contributed by atoms with Crippen LogP contribution in [0.1, 0.15) is 48.0 Å². The van der Waals surface area contributed by atoms with Gasteiger partial charge in [-0.1, -0.05) is 278 Å². The van der Waals surface area contributed by atoms with E-state index in [0.29, 0.717) is 5.56 Å². The molecule has 0 bridgehead atoms. The molecule has 0 fully saturated rings. The first-order valence-electron chi connectivity index (χ1n) is 50.0. The van der Waals surface area contributed by atoms with Crippen LogP contribution in [0.15, 0.2) is 348 Å². The summed E-state index contributed by atoms with van der Waals surface area (Å²) in [7, 11) is 0. The number of hydrogen-bond acceptors (Lipinski definition) is 2. The first-order valence-corrected chi connectivity index (χ1v) is 32.5. The van der Waals surface area contributed by atoms with Gasteiger partial charge in [0.1, 0.15) is 22.3 Å². The van der Waals surface area contributed by atoms with Gasteiger partial charge in [-0.15, -0.1) is 0 Å². The summed E-state index contributed by atoms with van der Waals surface area (Å²) < 4.78 is 332. The summed E-state index contributed by atoms with van der Waals surface area (Å²) in [6.07, 6.45) is 0. The van der Waals surface area contributed by atoms with E-state index in [1.165, 1.54) is 26.9 Å². The van der Waals surface area contributed by atoms with E-state index in [1.807, 2.05) is 12.1 Å². The van der Waals surface area contributed by atoms with Gasteiger partial charge in [0.2, 0.25) is 0 Å². The standard InChI is InChI=1S/2C50H28O/c1-2-10-45-40(9-1)41-24-20-36(28-46(41)51-45)38-22-19-35(37-21-15-33-13-11-29-5-3-7-31-17-25-42(37)49(33)47(29)31)27-44(38)39-23-16-34-14-12-30-6-4-8-32-18-26-43(39)50(34)48(30)32;1-2-10-45-41(9-1)44-28-35(19-24-46(44)51-45)36-25-37(39-20-15-33-13-11-29-5-3-7-31-17-22-42(39)49(33)47(29)31)27-38(26-36)40-21-16-34-14-12-30-6-4-8-32-18-23-43(40)50(34)48(30)32/h2*1-28H/i1D,2D,9D,10D,20D,24D,28D;1D,2D,3D,4D,5D,6D,7D,8D,9D,10D,11D,12D,13D,14D,15D,16D,17D,18D,19D,20D,21D,22D,23D,24D,25D,26D,27D,28D. The molecule has 24 rings (SSSR count). The molecule has 0 unspecified atom stereocenters. The molecule has 2 nitrogen and oxygen atoms in total. The highest BCUT2D eigenvalue weighted by Gasteiger charge is 2.22. The maximum atomic E-state index is 10.2. The highest BCUT2D eigenvalue weighted by Crippen LogP contribution is 2.49. The second-order valence-corrected chi connectivity index (χ2v) is 25.2. The number of furan rings is 2. The highest BCUT2D eigenvalue weighted by atomic mass is 16.3. The van der Waals surface area contributed by atoms with Crippen molar-refractivity contribution in [3.05, 3.63) is 339 Å². The molecule has 0 aliphatic heterocycles. The molecule has 0 amide bonds. The fourth-order valence-corrected chi connectivity index (χ4v) is 15.3. The van der Waals surface area contributed by atoms with Crippen LogP contribution in [-0.2, 0) is 0 Å². The van der Waals surface area contributed by atoms with Crippen LogP contribution in [0.5, 0.6) is 0 Å². The third-order valence-electron chi connectivity index (χ3n) is 19.8. The van der Waals surface area contributed by atoms with Crippen LogP contribution in [0.25, 0.3) is 240 Å². The molecule has 0 aliphatic carbocycles. The number of para-hydroxylation sites is 2. The average molecular weight is 1320 g/mol. The molecular formula is C100H56O2. The summed E-state index contributed by atoms with van der Waals surface area (Å²) in [4.78, 5) is 0. The lowest BCUT2D eigenvalue weighted by Crippen LogP contribution is -1.92. The van der Waals surface area contributed by atoms with Gasteiger partial charge in [-0.25, -0.2) is 0 Å². The Morgan fingerprint density at radius 1 is 0.176 bits per heavy atom. The minimum absolute atomic E-state index is 0.0101. The lowest BCUT2D eigenvalue weighted by molar-refractivity contribution is 0.668. The molecule has 0 saturated heterocycles. The fraction of sp³-hybridized carbons (Fsp3) is 0. The topological polar surface area (TPSA) is 26.3 Å². The molecule has 0 spiro atoms. The molecule has 0 atom stereocenters. The van der Waals surface area contributed by atoms with E-state index in [1.54, 1.807) is 0 Å². The molecule has 24 aromatic rings. The molecular weight excluding hydrogens is 1230 g/mol. The Bertz CT molecular complexity index is 9560. The lowest BCUT2D eigenvalue weighted by Gasteiger charge is -2.19. The second kappa shape index (κ2) is 21.1. The smallest absolute Gasteiger partial charge is 0.136 e. The van der Waals surface area contributed by atoms with Crippen molar-refractivity contribution in [2.75, 3.05) is 0 Å². The average Bonchev–Trinajstić information content (AvgIpc) is 1.34. The van der Waals surface area contributed by atoms with Crippen molar-refractivity contribution in [3.63, 3.8) is 0 Å². The van der Waals surface area contributed by atoms with Crippen LogP contribution in [0.2, 0.25) is 0 Å². The predicted octanol–water partition coefficient (Wildman–Crippen LogP) is 28.8. The highest BCUT2D eigenvalue weighted by molar-refractivity contribution is 6.30. The molecule has 2 aromatic heterocycles. The molecule has 2 heteroatoms. The quantitative estimate of drug-likeness (QED) is 0.155. The minimum Gasteiger partial charge on any atom is -0.456 e. The Hall–Kier alpha value is -13.4. The Morgan fingerprint density at radius 2 is 0.578 bits per heavy atom. The summed E-state index contributed by atoms with van der Waals surface area (Å²) in [5.41, 5.74) is -2.02. The van der Waals surface area contributed by atoms with Crippen LogP contribution < -0.4 is 0 Å². The van der Waals surface area contributed by atoms with Gasteiger partial charge in [-0.05, 0) is 256 Å². The largest absolute Gasteiger partial charge is 0.456 e. The van der Waals surface area contributed by atoms with Crippen LogP contribution in [0.3, 0.4) is 0 Å². The zero-order chi connectivity index (χ0) is 96.9. The van der Waals surface area contributed by atoms with E-state index >= 15 is 0 Å². The first kappa shape index (κ1) is 32.1. The summed E-state index contributed by atoms with van der Waals surface area (Å²) in [5, 5.41) is 7.23. The van der Waals surface area contributed by atoms with Gasteiger partial charge >= 0.3 is 0 Å². The van der Waals surface area contributed by atoms with E-state index in [9.17, 15) is 23.3 Å². The normalized spacial score (nSPS) is 17.1. The number of fused-ring (bicyclic) bond motifs is 6. The molecule has 0 radical (unpaired) electrons. The van der Waals surface area contributed by atoms with Gasteiger partial charge in [0, 0.05) is 21.5 Å². The maximum absolute atomic E-state index is 10.2. The van der Waals surface area contributed by atoms with E-state index in [-0.39, 0.29) is 68.5 Å². The van der Waals surface area contributed by atoms with Crippen molar-refractivity contribution >= 4 is 173 Å². The number of rotatable bonds is 6. The Balaban J connectivity index is 0.000000161. The zero-order valence-electron chi connectivity index (χ0n) is 87.4. The fourth-order valence-electron chi connectivity index (χ4n) is 15.3. The zero-order valence-corrected chi connectivity index (χ0v) is 52.4. The third kappa shape index (κ3) is 8.12. The van der Waals surface area contributed by atoms with Crippen LogP contribution in [0, 0.1) is 0 Å². The number of benzene rings is 22. The predicted molar refractivity (Wildman–Crippen MR) is 435 cm³/mol. The molecule has 22 aromatic carbocycles. The van der Waals surface area contributed by atoms with Crippen LogP contribution >= 0.6 is 0 Å². The Morgan fingerprint density at radius 3 is 1.17 bits per heavy atom. The van der Waals surface area contributed by atoms with Crippen molar-refractivity contribution in [1.82, 2.24) is 0 Å². The van der Waals surface area contributed by atoms with Gasteiger partial charge in [0.05, 0.1) is 48.0 Å². The van der Waals surface area contributed by atoms with Crippen molar-refractivity contribution in [3.8, 4) is 66.8 Å². The summed E-state index contributed by atoms with van der Waals surface area (Å²) in [6, 6.07) is 18.3. The summed E-state index contributed by atoms with van der Waals surface area (Å²) in [5.74, 6) is 0. The van der Waals surface area contributed by atoms with Gasteiger partial charge in [-0.3, -0.25) is 0 Å². The van der Waals surface area contributed by atoms with E-state index in [0.717, 1.165) is 60.0 Å². The minimum atomic E-state index is -1.10. The monoisotopic (exact) mass is 1320 g/mol. The van der Waals surface area contributed by atoms with Gasteiger partial charge < -0.3 is 8.83 Å². The maximum Gasteiger partial charge on any atom is 0.136 e. The second-order valence-electron chi connectivity index (χ2n) is 25.2. The van der Waals surface area contributed by atoms with Crippen molar-refractivity contribution in [2.45, 2.75) is 0 Å². The van der Waals surface area contributed by atoms with Crippen molar-refractivity contribution < 1.29 is 56.8 Å². The molecule has 2 heterocycles. The Labute approximate surface area is 633 Å². The van der Waals surface area contributed by atoms with Crippen LogP contribution in [0.4, 0.5) is 0 Å². The van der Waals surface area contributed by atoms with Gasteiger partial charge in [0.15, 0.2) is 0 Å².